The number of benzene rings is 1. The number of pyridine rings is 1. The van der Waals surface area contributed by atoms with Crippen molar-refractivity contribution in [3.05, 3.63) is 77.2 Å². The van der Waals surface area contributed by atoms with E-state index in [1.807, 2.05) is 36.7 Å². The zero-order valence-corrected chi connectivity index (χ0v) is 17.8. The van der Waals surface area contributed by atoms with Crippen LogP contribution in [-0.4, -0.2) is 46.7 Å². The maximum Gasteiger partial charge on any atom is 0.223 e. The van der Waals surface area contributed by atoms with Gasteiger partial charge in [0.15, 0.2) is 0 Å². The first-order chi connectivity index (χ1) is 15.2. The van der Waals surface area contributed by atoms with Crippen molar-refractivity contribution in [3.8, 4) is 5.88 Å². The van der Waals surface area contributed by atoms with Crippen LogP contribution in [0.15, 0.2) is 54.9 Å². The Morgan fingerprint density at radius 3 is 2.81 bits per heavy atom. The summed E-state index contributed by atoms with van der Waals surface area (Å²) in [6.07, 6.45) is 4.84. The molecule has 1 spiro atoms. The number of methoxy groups -OCH3 is 1. The molecule has 1 saturated heterocycles. The molecule has 0 bridgehead atoms. The normalized spacial score (nSPS) is 20.5. The molecule has 4 heterocycles. The molecular formula is C24H27N5O2. The molecule has 1 aromatic carbocycles. The molecule has 1 atom stereocenters. The Morgan fingerprint density at radius 2 is 2.00 bits per heavy atom. The minimum Gasteiger partial charge on any atom is -0.481 e. The average molecular weight is 418 g/mol. The first-order valence-corrected chi connectivity index (χ1v) is 10.7. The minimum atomic E-state index is -0.0837. The van der Waals surface area contributed by atoms with Crippen molar-refractivity contribution in [2.24, 2.45) is 0 Å². The molecule has 0 amide bonds. The Hall–Kier alpha value is -3.03. The van der Waals surface area contributed by atoms with Gasteiger partial charge < -0.3 is 14.8 Å². The van der Waals surface area contributed by atoms with Crippen LogP contribution in [0, 0.1) is 0 Å². The number of anilines is 1. The molecule has 5 rings (SSSR count). The fourth-order valence-electron chi connectivity index (χ4n) is 4.55. The number of hydrogen-bond acceptors (Lipinski definition) is 7. The quantitative estimate of drug-likeness (QED) is 0.660. The van der Waals surface area contributed by atoms with E-state index in [2.05, 4.69) is 38.4 Å². The Kier molecular flexibility index (Phi) is 5.53. The lowest BCUT2D eigenvalue weighted by Crippen LogP contribution is -2.40. The largest absolute Gasteiger partial charge is 0.481 e. The number of nitrogens with one attached hydrogen (secondary N) is 1. The van der Waals surface area contributed by atoms with Crippen LogP contribution in [0.5, 0.6) is 5.88 Å². The predicted molar refractivity (Wildman–Crippen MR) is 118 cm³/mol. The summed E-state index contributed by atoms with van der Waals surface area (Å²) in [4.78, 5) is 16.3. The lowest BCUT2D eigenvalue weighted by molar-refractivity contribution is 0.0503. The second-order valence-corrected chi connectivity index (χ2v) is 8.35. The van der Waals surface area contributed by atoms with E-state index in [0.29, 0.717) is 31.6 Å². The van der Waals surface area contributed by atoms with Crippen molar-refractivity contribution < 1.29 is 9.47 Å². The minimum absolute atomic E-state index is 0.0837. The number of ether oxygens (including phenoxy) is 2. The molecule has 2 aliphatic rings. The van der Waals surface area contributed by atoms with Crippen molar-refractivity contribution in [1.29, 1.82) is 0 Å². The fourth-order valence-corrected chi connectivity index (χ4v) is 4.55. The van der Waals surface area contributed by atoms with Crippen molar-refractivity contribution >= 4 is 5.95 Å². The van der Waals surface area contributed by atoms with E-state index in [0.717, 1.165) is 37.3 Å². The number of fused-ring (bicyclic) bond motifs is 2. The maximum absolute atomic E-state index is 5.98. The van der Waals surface area contributed by atoms with Gasteiger partial charge in [-0.05, 0) is 24.1 Å². The van der Waals surface area contributed by atoms with Crippen LogP contribution in [0.25, 0.3) is 0 Å². The van der Waals surface area contributed by atoms with Crippen LogP contribution in [0.2, 0.25) is 0 Å². The third kappa shape index (κ3) is 4.24. The molecule has 0 unspecified atom stereocenters. The second-order valence-electron chi connectivity index (χ2n) is 8.35. The second kappa shape index (κ2) is 8.61. The number of hydrogen-bond donors (Lipinski definition) is 1. The first-order valence-electron chi connectivity index (χ1n) is 10.7. The zero-order valence-electron chi connectivity index (χ0n) is 17.8. The van der Waals surface area contributed by atoms with E-state index in [-0.39, 0.29) is 5.41 Å². The summed E-state index contributed by atoms with van der Waals surface area (Å²) >= 11 is 0. The highest BCUT2D eigenvalue weighted by Gasteiger charge is 2.44. The Balaban J connectivity index is 1.31. The van der Waals surface area contributed by atoms with Gasteiger partial charge >= 0.3 is 0 Å². The van der Waals surface area contributed by atoms with E-state index in [9.17, 15) is 0 Å². The lowest BCUT2D eigenvalue weighted by atomic mass is 9.80. The van der Waals surface area contributed by atoms with E-state index in [4.69, 9.17) is 14.5 Å². The summed E-state index contributed by atoms with van der Waals surface area (Å²) < 4.78 is 11.1. The highest BCUT2D eigenvalue weighted by molar-refractivity contribution is 5.37. The van der Waals surface area contributed by atoms with Crippen LogP contribution in [0.3, 0.4) is 0 Å². The molecule has 2 aliphatic heterocycles. The van der Waals surface area contributed by atoms with Crippen LogP contribution < -0.4 is 10.1 Å². The molecule has 1 fully saturated rings. The van der Waals surface area contributed by atoms with Crippen molar-refractivity contribution in [2.75, 3.05) is 32.1 Å². The number of rotatable bonds is 6. The van der Waals surface area contributed by atoms with E-state index >= 15 is 0 Å². The summed E-state index contributed by atoms with van der Waals surface area (Å²) in [5.41, 5.74) is 4.55. The summed E-state index contributed by atoms with van der Waals surface area (Å²) in [6.45, 7) is 4.77. The van der Waals surface area contributed by atoms with Gasteiger partial charge in [0, 0.05) is 43.7 Å². The fraction of sp³-hybridized carbons (Fsp3) is 0.375. The van der Waals surface area contributed by atoms with Crippen molar-refractivity contribution in [2.45, 2.75) is 31.5 Å². The number of likely N-dealkylation sites (tertiary alicyclic amines) is 1. The number of nitrogens with zero attached hydrogens (tertiary/aromatic N) is 4. The topological polar surface area (TPSA) is 72.4 Å². The summed E-state index contributed by atoms with van der Waals surface area (Å²) in [6, 6.07) is 14.3. The van der Waals surface area contributed by atoms with Gasteiger partial charge in [0.05, 0.1) is 31.4 Å². The average Bonchev–Trinajstić information content (AvgIpc) is 3.22. The maximum atomic E-state index is 5.98. The molecule has 31 heavy (non-hydrogen) atoms. The molecule has 3 aromatic rings. The van der Waals surface area contributed by atoms with Gasteiger partial charge in [-0.1, -0.05) is 36.4 Å². The Labute approximate surface area is 182 Å². The van der Waals surface area contributed by atoms with Crippen LogP contribution >= 0.6 is 0 Å². The SMILES string of the molecule is COc1ccc(CN2CC[C@]3(COCc4cnc(NCc5ccccc5)nc43)C2)cn1. The van der Waals surface area contributed by atoms with E-state index in [1.54, 1.807) is 7.11 Å². The van der Waals surface area contributed by atoms with E-state index in [1.165, 1.54) is 11.1 Å². The smallest absolute Gasteiger partial charge is 0.223 e. The van der Waals surface area contributed by atoms with Crippen LogP contribution in [0.4, 0.5) is 5.95 Å². The summed E-state index contributed by atoms with van der Waals surface area (Å²) in [5, 5.41) is 3.38. The van der Waals surface area contributed by atoms with Crippen molar-refractivity contribution in [3.63, 3.8) is 0 Å². The predicted octanol–water partition coefficient (Wildman–Crippen LogP) is 3.17. The molecule has 0 radical (unpaired) electrons. The van der Waals surface area contributed by atoms with Gasteiger partial charge in [-0.25, -0.2) is 15.0 Å². The van der Waals surface area contributed by atoms with Gasteiger partial charge in [-0.3, -0.25) is 4.90 Å². The Morgan fingerprint density at radius 1 is 1.10 bits per heavy atom. The van der Waals surface area contributed by atoms with Crippen LogP contribution in [0.1, 0.15) is 28.8 Å². The van der Waals surface area contributed by atoms with Gasteiger partial charge in [-0.15, -0.1) is 0 Å². The van der Waals surface area contributed by atoms with Gasteiger partial charge in [-0.2, -0.15) is 0 Å². The summed E-state index contributed by atoms with van der Waals surface area (Å²) in [5.74, 6) is 1.32. The lowest BCUT2D eigenvalue weighted by Gasteiger charge is -2.34. The molecular weight excluding hydrogens is 390 g/mol. The molecule has 7 nitrogen and oxygen atoms in total. The standard InChI is InChI=1S/C24H27N5O2/c1-30-21-8-7-19(12-25-21)14-29-10-9-24(16-29)17-31-15-20-13-27-23(28-22(20)24)26-11-18-5-3-2-4-6-18/h2-8,12-13H,9-11,14-17H2,1H3,(H,26,27,28)/t24-/m1/s1. The third-order valence-corrected chi connectivity index (χ3v) is 6.14. The number of aromatic nitrogens is 3. The highest BCUT2D eigenvalue weighted by Crippen LogP contribution is 2.39. The van der Waals surface area contributed by atoms with Gasteiger partial charge in [0.25, 0.3) is 0 Å². The molecule has 160 valence electrons. The zero-order chi connectivity index (χ0) is 21.1. The molecule has 2 aromatic heterocycles. The van der Waals surface area contributed by atoms with Gasteiger partial charge in [0.1, 0.15) is 0 Å². The molecule has 1 N–H and O–H groups in total. The first kappa shape index (κ1) is 19.9. The third-order valence-electron chi connectivity index (χ3n) is 6.14. The molecule has 0 aliphatic carbocycles. The van der Waals surface area contributed by atoms with E-state index < -0.39 is 0 Å². The van der Waals surface area contributed by atoms with Crippen molar-refractivity contribution in [1.82, 2.24) is 19.9 Å². The van der Waals surface area contributed by atoms with Crippen LogP contribution in [-0.2, 0) is 29.8 Å². The highest BCUT2D eigenvalue weighted by atomic mass is 16.5. The molecule has 0 saturated carbocycles. The summed E-state index contributed by atoms with van der Waals surface area (Å²) in [7, 11) is 1.64. The Bertz CT molecular complexity index is 1030. The molecule has 7 heteroatoms. The monoisotopic (exact) mass is 417 g/mol. The van der Waals surface area contributed by atoms with Gasteiger partial charge in [0.2, 0.25) is 11.8 Å².